The van der Waals surface area contributed by atoms with Crippen molar-refractivity contribution >= 4 is 5.97 Å². The van der Waals surface area contributed by atoms with E-state index in [2.05, 4.69) is 11.9 Å². The zero-order valence-corrected chi connectivity index (χ0v) is 10.3. The van der Waals surface area contributed by atoms with Crippen molar-refractivity contribution in [3.63, 3.8) is 0 Å². The highest BCUT2D eigenvalue weighted by Crippen LogP contribution is 2.18. The molecule has 0 spiro atoms. The Balaban J connectivity index is 0.000000165. The Morgan fingerprint density at radius 2 is 2.38 bits per heavy atom. The Labute approximate surface area is 96.6 Å². The minimum atomic E-state index is 0.0110. The molecule has 0 amide bonds. The molecule has 1 aromatic heterocycles. The molecule has 0 N–H and O–H groups in total. The Morgan fingerprint density at radius 1 is 1.62 bits per heavy atom. The molecule has 2 rings (SSSR count). The summed E-state index contributed by atoms with van der Waals surface area (Å²) < 4.78 is 6.75. The lowest BCUT2D eigenvalue weighted by molar-refractivity contribution is -0.141. The maximum absolute atomic E-state index is 10.7. The number of imidazole rings is 1. The van der Waals surface area contributed by atoms with Gasteiger partial charge in [-0.25, -0.2) is 4.98 Å². The average molecular weight is 224 g/mol. The van der Waals surface area contributed by atoms with Crippen LogP contribution >= 0.6 is 0 Å². The van der Waals surface area contributed by atoms with E-state index in [4.69, 9.17) is 4.74 Å². The van der Waals surface area contributed by atoms with Crippen LogP contribution in [0, 0.1) is 12.8 Å². The van der Waals surface area contributed by atoms with Gasteiger partial charge in [0.1, 0.15) is 0 Å². The lowest BCUT2D eigenvalue weighted by Crippen LogP contribution is -2.06. The molecule has 1 aliphatic heterocycles. The number of esters is 1. The first-order valence-electron chi connectivity index (χ1n) is 5.74. The summed E-state index contributed by atoms with van der Waals surface area (Å²) in [5.41, 5.74) is 1.19. The molecule has 0 saturated carbocycles. The van der Waals surface area contributed by atoms with Crippen molar-refractivity contribution in [2.24, 2.45) is 13.0 Å². The number of aromatic nitrogens is 2. The van der Waals surface area contributed by atoms with E-state index >= 15 is 0 Å². The van der Waals surface area contributed by atoms with Crippen molar-refractivity contribution < 1.29 is 9.53 Å². The van der Waals surface area contributed by atoms with Crippen LogP contribution in [0.15, 0.2) is 12.5 Å². The molecular formula is C12H20N2O2. The maximum atomic E-state index is 10.7. The number of rotatable bonds is 2. The summed E-state index contributed by atoms with van der Waals surface area (Å²) in [6.45, 7) is 4.75. The van der Waals surface area contributed by atoms with Crippen LogP contribution in [0.1, 0.15) is 31.9 Å². The monoisotopic (exact) mass is 224 g/mol. The summed E-state index contributed by atoms with van der Waals surface area (Å²) in [7, 11) is 1.97. The van der Waals surface area contributed by atoms with Crippen LogP contribution in [-0.4, -0.2) is 22.1 Å². The predicted molar refractivity (Wildman–Crippen MR) is 61.9 cm³/mol. The summed E-state index contributed by atoms with van der Waals surface area (Å²) in [5, 5.41) is 0. The number of cyclic esters (lactones) is 1. The normalized spacial score (nSPS) is 18.9. The standard InChI is InChI=1S/C7H12O2.C5H8N2/c1-2-3-6-4-5-9-7(6)8;1-5-3-6-4-7(5)2/h6H,2-5H2,1H3;3-4H,1-2H3. The van der Waals surface area contributed by atoms with E-state index < -0.39 is 0 Å². The molecule has 1 aliphatic rings. The van der Waals surface area contributed by atoms with Gasteiger partial charge in [-0.15, -0.1) is 0 Å². The van der Waals surface area contributed by atoms with E-state index in [1.165, 1.54) is 5.69 Å². The minimum Gasteiger partial charge on any atom is -0.465 e. The van der Waals surface area contributed by atoms with Crippen molar-refractivity contribution in [1.82, 2.24) is 9.55 Å². The molecule has 2 heterocycles. The van der Waals surface area contributed by atoms with Crippen LogP contribution in [0.4, 0.5) is 0 Å². The van der Waals surface area contributed by atoms with Gasteiger partial charge in [0.25, 0.3) is 0 Å². The first-order chi connectivity index (χ1) is 7.65. The van der Waals surface area contributed by atoms with Gasteiger partial charge in [-0.2, -0.15) is 0 Å². The summed E-state index contributed by atoms with van der Waals surface area (Å²) in [4.78, 5) is 14.6. The lowest BCUT2D eigenvalue weighted by Gasteiger charge is -1.99. The molecule has 90 valence electrons. The fourth-order valence-corrected chi connectivity index (χ4v) is 1.57. The Hall–Kier alpha value is -1.32. The molecule has 4 heteroatoms. The highest BCUT2D eigenvalue weighted by atomic mass is 16.5. The highest BCUT2D eigenvalue weighted by Gasteiger charge is 2.24. The van der Waals surface area contributed by atoms with Crippen LogP contribution in [0.25, 0.3) is 0 Å². The number of hydrogen-bond donors (Lipinski definition) is 0. The molecule has 1 fully saturated rings. The third kappa shape index (κ3) is 3.68. The number of ether oxygens (including phenoxy) is 1. The fraction of sp³-hybridized carbons (Fsp3) is 0.667. The van der Waals surface area contributed by atoms with E-state index in [0.717, 1.165) is 19.3 Å². The van der Waals surface area contributed by atoms with Crippen molar-refractivity contribution in [2.45, 2.75) is 33.1 Å². The lowest BCUT2D eigenvalue weighted by atomic mass is 10.0. The van der Waals surface area contributed by atoms with Crippen LogP contribution in [0.3, 0.4) is 0 Å². The highest BCUT2D eigenvalue weighted by molar-refractivity contribution is 5.73. The van der Waals surface area contributed by atoms with Gasteiger partial charge in [-0.05, 0) is 19.8 Å². The largest absolute Gasteiger partial charge is 0.465 e. The molecule has 1 aromatic rings. The third-order valence-electron chi connectivity index (χ3n) is 2.74. The van der Waals surface area contributed by atoms with Gasteiger partial charge in [-0.3, -0.25) is 4.79 Å². The molecular weight excluding hydrogens is 204 g/mol. The number of carbonyl (C=O) groups is 1. The van der Waals surface area contributed by atoms with Gasteiger partial charge in [0.15, 0.2) is 0 Å². The average Bonchev–Trinajstić information content (AvgIpc) is 2.81. The van der Waals surface area contributed by atoms with E-state index in [1.54, 1.807) is 6.33 Å². The fourth-order valence-electron chi connectivity index (χ4n) is 1.57. The summed E-state index contributed by atoms with van der Waals surface area (Å²) in [5.74, 6) is 0.229. The third-order valence-corrected chi connectivity index (χ3v) is 2.74. The van der Waals surface area contributed by atoms with Crippen molar-refractivity contribution in [3.05, 3.63) is 18.2 Å². The quantitative estimate of drug-likeness (QED) is 0.722. The molecule has 1 atom stereocenters. The molecule has 1 saturated heterocycles. The van der Waals surface area contributed by atoms with Gasteiger partial charge in [0.2, 0.25) is 0 Å². The Kier molecular flexibility index (Phi) is 5.02. The second kappa shape index (κ2) is 6.30. The second-order valence-corrected chi connectivity index (χ2v) is 4.09. The molecule has 1 unspecified atom stereocenters. The SMILES string of the molecule is CCCC1CCOC1=O.Cc1cncn1C. The topological polar surface area (TPSA) is 44.1 Å². The van der Waals surface area contributed by atoms with Crippen molar-refractivity contribution in [3.8, 4) is 0 Å². The summed E-state index contributed by atoms with van der Waals surface area (Å²) >= 11 is 0. The smallest absolute Gasteiger partial charge is 0.309 e. The number of carbonyl (C=O) groups excluding carboxylic acids is 1. The zero-order valence-electron chi connectivity index (χ0n) is 10.3. The van der Waals surface area contributed by atoms with Crippen LogP contribution in [0.2, 0.25) is 0 Å². The van der Waals surface area contributed by atoms with Gasteiger partial charge in [0.05, 0.1) is 18.9 Å². The van der Waals surface area contributed by atoms with Gasteiger partial charge >= 0.3 is 5.97 Å². The van der Waals surface area contributed by atoms with Gasteiger partial charge in [0, 0.05) is 18.9 Å². The van der Waals surface area contributed by atoms with Crippen molar-refractivity contribution in [2.75, 3.05) is 6.61 Å². The molecule has 0 radical (unpaired) electrons. The summed E-state index contributed by atoms with van der Waals surface area (Å²) in [6, 6.07) is 0. The van der Waals surface area contributed by atoms with Crippen LogP contribution < -0.4 is 0 Å². The number of aryl methyl sites for hydroxylation is 2. The minimum absolute atomic E-state index is 0.0110. The first kappa shape index (κ1) is 12.7. The predicted octanol–water partition coefficient (Wildman–Crippen LogP) is 2.08. The molecule has 4 nitrogen and oxygen atoms in total. The van der Waals surface area contributed by atoms with Crippen LogP contribution in [0.5, 0.6) is 0 Å². The van der Waals surface area contributed by atoms with E-state index in [0.29, 0.717) is 6.61 Å². The summed E-state index contributed by atoms with van der Waals surface area (Å²) in [6.07, 6.45) is 6.64. The first-order valence-corrected chi connectivity index (χ1v) is 5.74. The maximum Gasteiger partial charge on any atom is 0.309 e. The number of hydrogen-bond acceptors (Lipinski definition) is 3. The van der Waals surface area contributed by atoms with E-state index in [-0.39, 0.29) is 11.9 Å². The molecule has 16 heavy (non-hydrogen) atoms. The van der Waals surface area contributed by atoms with Gasteiger partial charge < -0.3 is 9.30 Å². The molecule has 0 aromatic carbocycles. The molecule has 0 aliphatic carbocycles. The second-order valence-electron chi connectivity index (χ2n) is 4.09. The Morgan fingerprint density at radius 3 is 2.69 bits per heavy atom. The van der Waals surface area contributed by atoms with Crippen LogP contribution in [-0.2, 0) is 16.6 Å². The zero-order chi connectivity index (χ0) is 12.0. The number of nitrogens with zero attached hydrogens (tertiary/aromatic N) is 2. The Bertz CT molecular complexity index is 317. The van der Waals surface area contributed by atoms with Gasteiger partial charge in [-0.1, -0.05) is 13.3 Å². The molecule has 0 bridgehead atoms. The van der Waals surface area contributed by atoms with Crippen molar-refractivity contribution in [1.29, 1.82) is 0 Å². The van der Waals surface area contributed by atoms with E-state index in [1.807, 2.05) is 24.7 Å². The van der Waals surface area contributed by atoms with E-state index in [9.17, 15) is 4.79 Å².